The predicted octanol–water partition coefficient (Wildman–Crippen LogP) is 4.42. The molecule has 2 atom stereocenters. The van der Waals surface area contributed by atoms with Gasteiger partial charge in [-0.05, 0) is 30.9 Å². The van der Waals surface area contributed by atoms with Crippen LogP contribution in [-0.4, -0.2) is 5.25 Å². The molecule has 0 heterocycles. The van der Waals surface area contributed by atoms with E-state index in [1.807, 2.05) is 12.1 Å². The van der Waals surface area contributed by atoms with E-state index in [1.165, 1.54) is 10.5 Å². The largest absolute Gasteiger partial charge is 0.197 e. The first-order valence-corrected chi connectivity index (χ1v) is 6.69. The van der Waals surface area contributed by atoms with Crippen LogP contribution in [0, 0.1) is 24.2 Å². The Kier molecular flexibility index (Phi) is 5.42. The summed E-state index contributed by atoms with van der Waals surface area (Å²) in [6, 6.07) is 10.7. The van der Waals surface area contributed by atoms with E-state index in [1.54, 1.807) is 11.8 Å². The molecule has 2 unspecified atom stereocenters. The lowest BCUT2D eigenvalue weighted by Gasteiger charge is -2.17. The molecule has 0 aliphatic carbocycles. The van der Waals surface area contributed by atoms with Gasteiger partial charge < -0.3 is 0 Å². The van der Waals surface area contributed by atoms with Gasteiger partial charge >= 0.3 is 0 Å². The summed E-state index contributed by atoms with van der Waals surface area (Å²) in [5.41, 5.74) is 1.26. The third-order valence-electron chi connectivity index (χ3n) is 2.74. The fraction of sp³-hybridized carbons (Fsp3) is 0.500. The van der Waals surface area contributed by atoms with E-state index >= 15 is 0 Å². The molecule has 1 aromatic rings. The van der Waals surface area contributed by atoms with Crippen LogP contribution in [0.2, 0.25) is 0 Å². The van der Waals surface area contributed by atoms with Crippen LogP contribution in [0.1, 0.15) is 32.3 Å². The number of hydrogen-bond donors (Lipinski definition) is 0. The second kappa shape index (κ2) is 6.60. The molecule has 0 saturated heterocycles. The summed E-state index contributed by atoms with van der Waals surface area (Å²) in [6.45, 7) is 6.44. The van der Waals surface area contributed by atoms with Crippen molar-refractivity contribution in [3.05, 3.63) is 29.8 Å². The molecule has 0 aliphatic rings. The average Bonchev–Trinajstić information content (AvgIpc) is 2.28. The first-order chi connectivity index (χ1) is 7.69. The minimum atomic E-state index is 0.0704. The summed E-state index contributed by atoms with van der Waals surface area (Å²) in [4.78, 5) is 1.23. The molecule has 0 spiro atoms. The molecule has 0 aliphatic heterocycles. The molecule has 1 aromatic carbocycles. The number of benzene rings is 1. The second-order valence-corrected chi connectivity index (χ2v) is 5.38. The zero-order valence-electron chi connectivity index (χ0n) is 10.2. The molecule has 0 aromatic heterocycles. The lowest BCUT2D eigenvalue weighted by atomic mass is 10.0. The van der Waals surface area contributed by atoms with E-state index in [-0.39, 0.29) is 5.25 Å². The van der Waals surface area contributed by atoms with Crippen LogP contribution in [-0.2, 0) is 0 Å². The van der Waals surface area contributed by atoms with Gasteiger partial charge in [0.1, 0.15) is 0 Å². The lowest BCUT2D eigenvalue weighted by Crippen LogP contribution is -2.11. The zero-order chi connectivity index (χ0) is 12.0. The Morgan fingerprint density at radius 3 is 2.62 bits per heavy atom. The fourth-order valence-corrected chi connectivity index (χ4v) is 2.81. The summed E-state index contributed by atoms with van der Waals surface area (Å²) in [6.07, 6.45) is 2.27. The number of nitrogens with zero attached hydrogens (tertiary/aromatic N) is 1. The van der Waals surface area contributed by atoms with Gasteiger partial charge in [-0.2, -0.15) is 5.26 Å². The summed E-state index contributed by atoms with van der Waals surface area (Å²) >= 11 is 1.70. The second-order valence-electron chi connectivity index (χ2n) is 4.20. The Hall–Kier alpha value is -0.940. The number of aryl methyl sites for hydroxylation is 1. The predicted molar refractivity (Wildman–Crippen MR) is 70.5 cm³/mol. The van der Waals surface area contributed by atoms with Gasteiger partial charge in [0.2, 0.25) is 0 Å². The van der Waals surface area contributed by atoms with Crippen molar-refractivity contribution in [1.29, 1.82) is 5.26 Å². The highest BCUT2D eigenvalue weighted by molar-refractivity contribution is 8.00. The van der Waals surface area contributed by atoms with Crippen LogP contribution in [0.4, 0.5) is 0 Å². The molecular formula is C14H19NS. The van der Waals surface area contributed by atoms with Crippen molar-refractivity contribution in [2.45, 2.75) is 43.8 Å². The molecule has 0 amide bonds. The number of thioether (sulfide) groups is 1. The quantitative estimate of drug-likeness (QED) is 0.703. The molecule has 86 valence electrons. The Morgan fingerprint density at radius 1 is 1.38 bits per heavy atom. The molecule has 0 fully saturated rings. The smallest absolute Gasteiger partial charge is 0.0989 e. The third-order valence-corrected chi connectivity index (χ3v) is 4.27. The third kappa shape index (κ3) is 3.57. The average molecular weight is 233 g/mol. The summed E-state index contributed by atoms with van der Waals surface area (Å²) in [7, 11) is 0. The van der Waals surface area contributed by atoms with E-state index in [9.17, 15) is 5.26 Å². The summed E-state index contributed by atoms with van der Waals surface area (Å²) in [5.74, 6) is 0.458. The van der Waals surface area contributed by atoms with Crippen molar-refractivity contribution in [1.82, 2.24) is 0 Å². The van der Waals surface area contributed by atoms with Crippen molar-refractivity contribution in [2.75, 3.05) is 0 Å². The topological polar surface area (TPSA) is 23.8 Å². The van der Waals surface area contributed by atoms with E-state index < -0.39 is 0 Å². The minimum Gasteiger partial charge on any atom is -0.197 e. The lowest BCUT2D eigenvalue weighted by molar-refractivity contribution is 0.546. The first-order valence-electron chi connectivity index (χ1n) is 5.81. The van der Waals surface area contributed by atoms with Crippen LogP contribution in [0.25, 0.3) is 0 Å². The van der Waals surface area contributed by atoms with Crippen molar-refractivity contribution in [3.63, 3.8) is 0 Å². The van der Waals surface area contributed by atoms with Gasteiger partial charge in [-0.3, -0.25) is 0 Å². The Balaban J connectivity index is 2.71. The van der Waals surface area contributed by atoms with E-state index in [0.29, 0.717) is 5.92 Å². The zero-order valence-corrected chi connectivity index (χ0v) is 11.1. The molecule has 16 heavy (non-hydrogen) atoms. The number of rotatable bonds is 5. The molecule has 0 radical (unpaired) electrons. The summed E-state index contributed by atoms with van der Waals surface area (Å²) < 4.78 is 0. The van der Waals surface area contributed by atoms with Crippen molar-refractivity contribution >= 4 is 11.8 Å². The fourth-order valence-electron chi connectivity index (χ4n) is 1.70. The van der Waals surface area contributed by atoms with Gasteiger partial charge in [0, 0.05) is 4.90 Å². The maximum Gasteiger partial charge on any atom is 0.0989 e. The van der Waals surface area contributed by atoms with E-state index in [4.69, 9.17) is 0 Å². The Morgan fingerprint density at radius 2 is 2.06 bits per heavy atom. The van der Waals surface area contributed by atoms with Crippen molar-refractivity contribution < 1.29 is 0 Å². The van der Waals surface area contributed by atoms with Gasteiger partial charge in [0.25, 0.3) is 0 Å². The molecule has 1 rings (SSSR count). The normalized spacial score (nSPS) is 14.1. The van der Waals surface area contributed by atoms with Crippen LogP contribution in [0.15, 0.2) is 29.2 Å². The molecule has 0 bridgehead atoms. The van der Waals surface area contributed by atoms with Crippen LogP contribution < -0.4 is 0 Å². The van der Waals surface area contributed by atoms with Gasteiger partial charge in [-0.1, -0.05) is 38.5 Å². The van der Waals surface area contributed by atoms with Gasteiger partial charge in [0.15, 0.2) is 0 Å². The summed E-state index contributed by atoms with van der Waals surface area (Å²) in [5, 5.41) is 9.27. The van der Waals surface area contributed by atoms with E-state index in [2.05, 4.69) is 39.0 Å². The Labute approximate surface area is 103 Å². The molecule has 0 N–H and O–H groups in total. The highest BCUT2D eigenvalue weighted by Gasteiger charge is 2.17. The maximum atomic E-state index is 9.20. The minimum absolute atomic E-state index is 0.0704. The highest BCUT2D eigenvalue weighted by Crippen LogP contribution is 2.31. The number of nitriles is 1. The van der Waals surface area contributed by atoms with Gasteiger partial charge in [-0.25, -0.2) is 0 Å². The van der Waals surface area contributed by atoms with Gasteiger partial charge in [0.05, 0.1) is 11.3 Å². The SMILES string of the molecule is CCCC(C)C(C#N)Sc1ccccc1C. The first kappa shape index (κ1) is 13.1. The highest BCUT2D eigenvalue weighted by atomic mass is 32.2. The maximum absolute atomic E-state index is 9.20. The van der Waals surface area contributed by atoms with Crippen LogP contribution >= 0.6 is 11.8 Å². The van der Waals surface area contributed by atoms with Crippen LogP contribution in [0.3, 0.4) is 0 Å². The molecule has 2 heteroatoms. The van der Waals surface area contributed by atoms with Crippen molar-refractivity contribution in [2.24, 2.45) is 5.92 Å². The van der Waals surface area contributed by atoms with E-state index in [0.717, 1.165) is 12.8 Å². The monoisotopic (exact) mass is 233 g/mol. The van der Waals surface area contributed by atoms with Crippen molar-refractivity contribution in [3.8, 4) is 6.07 Å². The Bertz CT molecular complexity index is 367. The standard InChI is InChI=1S/C14H19NS/c1-4-7-11(2)14(10-15)16-13-9-6-5-8-12(13)3/h5-6,8-9,11,14H,4,7H2,1-3H3. The van der Waals surface area contributed by atoms with Gasteiger partial charge in [-0.15, -0.1) is 11.8 Å². The van der Waals surface area contributed by atoms with Crippen LogP contribution in [0.5, 0.6) is 0 Å². The number of hydrogen-bond acceptors (Lipinski definition) is 2. The molecule has 1 nitrogen and oxygen atoms in total. The molecular weight excluding hydrogens is 214 g/mol. The molecule has 0 saturated carbocycles.